The Labute approximate surface area is 107 Å². The monoisotopic (exact) mass is 249 g/mol. The molecule has 1 aliphatic rings. The molecule has 4 nitrogen and oxygen atoms in total. The topological polar surface area (TPSA) is 47.6 Å². The molecule has 4 heteroatoms. The summed E-state index contributed by atoms with van der Waals surface area (Å²) in [7, 11) is 0. The number of rotatable bonds is 4. The molecule has 1 amide bonds. The maximum absolute atomic E-state index is 10.8. The Morgan fingerprint density at radius 3 is 3.11 bits per heavy atom. The first-order valence-electron chi connectivity index (χ1n) is 6.32. The van der Waals surface area contributed by atoms with Gasteiger partial charge in [-0.25, -0.2) is 0 Å². The van der Waals surface area contributed by atoms with E-state index in [9.17, 15) is 4.79 Å². The Hall–Kier alpha value is -1.71. The Kier molecular flexibility index (Phi) is 4.07. The average molecular weight is 249 g/mol. The Bertz CT molecular complexity index is 431. The summed E-state index contributed by atoms with van der Waals surface area (Å²) in [5.41, 5.74) is 1.14. The van der Waals surface area contributed by atoms with Crippen LogP contribution in [0.15, 0.2) is 18.2 Å². The van der Waals surface area contributed by atoms with E-state index in [1.165, 1.54) is 6.92 Å². The molecule has 1 aliphatic heterocycles. The van der Waals surface area contributed by atoms with Gasteiger partial charge >= 0.3 is 0 Å². The first-order chi connectivity index (χ1) is 8.66. The smallest absolute Gasteiger partial charge is 0.216 e. The number of hydrogen-bond acceptors (Lipinski definition) is 3. The number of para-hydroxylation sites is 1. The van der Waals surface area contributed by atoms with Crippen LogP contribution in [0.2, 0.25) is 0 Å². The van der Waals surface area contributed by atoms with Gasteiger partial charge in [0, 0.05) is 13.5 Å². The SMILES string of the molecule is CC(=O)NCCCc1cccc2c1OC(C)CO2. The highest BCUT2D eigenvalue weighted by Gasteiger charge is 2.19. The van der Waals surface area contributed by atoms with Crippen molar-refractivity contribution in [2.45, 2.75) is 32.8 Å². The molecule has 1 N–H and O–H groups in total. The van der Waals surface area contributed by atoms with Gasteiger partial charge in [-0.05, 0) is 31.4 Å². The van der Waals surface area contributed by atoms with Crippen molar-refractivity contribution in [3.63, 3.8) is 0 Å². The Balaban J connectivity index is 1.98. The zero-order valence-corrected chi connectivity index (χ0v) is 10.9. The summed E-state index contributed by atoms with van der Waals surface area (Å²) < 4.78 is 11.5. The highest BCUT2D eigenvalue weighted by atomic mass is 16.6. The molecule has 0 spiro atoms. The zero-order valence-electron chi connectivity index (χ0n) is 10.9. The van der Waals surface area contributed by atoms with E-state index in [0.717, 1.165) is 29.9 Å². The molecule has 0 saturated carbocycles. The summed E-state index contributed by atoms with van der Waals surface area (Å²) in [4.78, 5) is 10.8. The van der Waals surface area contributed by atoms with Gasteiger partial charge in [-0.15, -0.1) is 0 Å². The van der Waals surface area contributed by atoms with Crippen molar-refractivity contribution < 1.29 is 14.3 Å². The maximum Gasteiger partial charge on any atom is 0.216 e. The van der Waals surface area contributed by atoms with Crippen LogP contribution in [0.1, 0.15) is 25.8 Å². The van der Waals surface area contributed by atoms with Gasteiger partial charge in [0.05, 0.1) is 0 Å². The van der Waals surface area contributed by atoms with Crippen LogP contribution in [0.5, 0.6) is 11.5 Å². The number of amides is 1. The van der Waals surface area contributed by atoms with Crippen LogP contribution in [0.3, 0.4) is 0 Å². The summed E-state index contributed by atoms with van der Waals surface area (Å²) in [6, 6.07) is 5.96. The summed E-state index contributed by atoms with van der Waals surface area (Å²) in [5, 5.41) is 2.79. The van der Waals surface area contributed by atoms with Crippen molar-refractivity contribution in [2.75, 3.05) is 13.2 Å². The summed E-state index contributed by atoms with van der Waals surface area (Å²) in [6.45, 7) is 4.82. The number of aryl methyl sites for hydroxylation is 1. The maximum atomic E-state index is 10.8. The van der Waals surface area contributed by atoms with Gasteiger partial charge in [0.1, 0.15) is 12.7 Å². The van der Waals surface area contributed by atoms with Gasteiger partial charge in [0.2, 0.25) is 5.91 Å². The lowest BCUT2D eigenvalue weighted by Crippen LogP contribution is -2.26. The molecule has 0 fully saturated rings. The van der Waals surface area contributed by atoms with Crippen LogP contribution in [0, 0.1) is 0 Å². The molecule has 1 unspecified atom stereocenters. The third-order valence-corrected chi connectivity index (χ3v) is 2.85. The molecule has 2 rings (SSSR count). The van der Waals surface area contributed by atoms with E-state index in [1.54, 1.807) is 0 Å². The third kappa shape index (κ3) is 3.15. The number of nitrogens with one attached hydrogen (secondary N) is 1. The highest BCUT2D eigenvalue weighted by Crippen LogP contribution is 2.35. The van der Waals surface area contributed by atoms with E-state index < -0.39 is 0 Å². The molecule has 1 atom stereocenters. The van der Waals surface area contributed by atoms with E-state index in [0.29, 0.717) is 13.2 Å². The molecule has 1 heterocycles. The van der Waals surface area contributed by atoms with Gasteiger partial charge in [0.15, 0.2) is 11.5 Å². The summed E-state index contributed by atoms with van der Waals surface area (Å²) in [5.74, 6) is 1.70. The minimum Gasteiger partial charge on any atom is -0.486 e. The van der Waals surface area contributed by atoms with Crippen LogP contribution in [-0.2, 0) is 11.2 Å². The van der Waals surface area contributed by atoms with Crippen molar-refractivity contribution in [2.24, 2.45) is 0 Å². The molecule has 0 saturated heterocycles. The summed E-state index contributed by atoms with van der Waals surface area (Å²) >= 11 is 0. The second-order valence-corrected chi connectivity index (χ2v) is 4.57. The lowest BCUT2D eigenvalue weighted by atomic mass is 10.1. The first-order valence-corrected chi connectivity index (χ1v) is 6.32. The largest absolute Gasteiger partial charge is 0.486 e. The third-order valence-electron chi connectivity index (χ3n) is 2.85. The number of carbonyl (C=O) groups excluding carboxylic acids is 1. The second kappa shape index (κ2) is 5.76. The average Bonchev–Trinajstić information content (AvgIpc) is 2.34. The number of hydrogen-bond donors (Lipinski definition) is 1. The summed E-state index contributed by atoms with van der Waals surface area (Å²) in [6.07, 6.45) is 1.86. The predicted molar refractivity (Wildman–Crippen MR) is 69.0 cm³/mol. The molecular formula is C14H19NO3. The minimum atomic E-state index is 0.0123. The Morgan fingerprint density at radius 1 is 1.50 bits per heavy atom. The van der Waals surface area contributed by atoms with Gasteiger partial charge in [-0.1, -0.05) is 12.1 Å². The van der Waals surface area contributed by atoms with Gasteiger partial charge < -0.3 is 14.8 Å². The number of carbonyl (C=O) groups is 1. The van der Waals surface area contributed by atoms with E-state index in [2.05, 4.69) is 5.32 Å². The van der Waals surface area contributed by atoms with Gasteiger partial charge in [-0.2, -0.15) is 0 Å². The second-order valence-electron chi connectivity index (χ2n) is 4.57. The first kappa shape index (κ1) is 12.7. The normalized spacial score (nSPS) is 17.3. The molecule has 98 valence electrons. The van der Waals surface area contributed by atoms with Crippen LogP contribution in [0.25, 0.3) is 0 Å². The molecule has 1 aromatic rings. The van der Waals surface area contributed by atoms with Gasteiger partial charge in [0.25, 0.3) is 0 Å². The fourth-order valence-electron chi connectivity index (χ4n) is 1.99. The van der Waals surface area contributed by atoms with E-state index >= 15 is 0 Å². The molecular weight excluding hydrogens is 230 g/mol. The van der Waals surface area contributed by atoms with Crippen molar-refractivity contribution in [1.82, 2.24) is 5.32 Å². The standard InChI is InChI=1S/C14H19NO3/c1-10-9-17-13-7-3-5-12(14(13)18-10)6-4-8-15-11(2)16/h3,5,7,10H,4,6,8-9H2,1-2H3,(H,15,16). The van der Waals surface area contributed by atoms with Crippen molar-refractivity contribution in [3.05, 3.63) is 23.8 Å². The predicted octanol–water partition coefficient (Wildman–Crippen LogP) is 1.91. The van der Waals surface area contributed by atoms with Crippen LogP contribution < -0.4 is 14.8 Å². The fraction of sp³-hybridized carbons (Fsp3) is 0.500. The molecule has 1 aromatic carbocycles. The quantitative estimate of drug-likeness (QED) is 0.829. The van der Waals surface area contributed by atoms with Gasteiger partial charge in [-0.3, -0.25) is 4.79 Å². The number of benzene rings is 1. The lowest BCUT2D eigenvalue weighted by molar-refractivity contribution is -0.118. The fourth-order valence-corrected chi connectivity index (χ4v) is 1.99. The van der Waals surface area contributed by atoms with E-state index in [-0.39, 0.29) is 12.0 Å². The minimum absolute atomic E-state index is 0.0123. The molecule has 0 bridgehead atoms. The Morgan fingerprint density at radius 2 is 2.33 bits per heavy atom. The van der Waals surface area contributed by atoms with Crippen molar-refractivity contribution >= 4 is 5.91 Å². The molecule has 0 aliphatic carbocycles. The van der Waals surface area contributed by atoms with E-state index in [1.807, 2.05) is 25.1 Å². The lowest BCUT2D eigenvalue weighted by Gasteiger charge is -2.25. The number of fused-ring (bicyclic) bond motifs is 1. The van der Waals surface area contributed by atoms with Crippen LogP contribution in [-0.4, -0.2) is 25.2 Å². The van der Waals surface area contributed by atoms with Crippen LogP contribution >= 0.6 is 0 Å². The molecule has 0 aromatic heterocycles. The zero-order chi connectivity index (χ0) is 13.0. The molecule has 0 radical (unpaired) electrons. The van der Waals surface area contributed by atoms with Crippen molar-refractivity contribution in [3.8, 4) is 11.5 Å². The molecule has 18 heavy (non-hydrogen) atoms. The number of ether oxygens (including phenoxy) is 2. The van der Waals surface area contributed by atoms with E-state index in [4.69, 9.17) is 9.47 Å². The highest BCUT2D eigenvalue weighted by molar-refractivity contribution is 5.72. The van der Waals surface area contributed by atoms with Crippen LogP contribution in [0.4, 0.5) is 0 Å². The van der Waals surface area contributed by atoms with Crippen molar-refractivity contribution in [1.29, 1.82) is 0 Å².